The standard InChI is InChI=1S/C23H28N2O4/c1-23(2,3)17-8-6-7-9-18(17)24-21(26)15-13-16(15)22(27)25-19-11-10-14(28-4)12-20(19)29-5/h6-12,15-16H,13H2,1-5H3,(H,24,26)(H,25,27). The zero-order valence-corrected chi connectivity index (χ0v) is 17.5. The van der Waals surface area contributed by atoms with E-state index in [-0.39, 0.29) is 29.1 Å². The Morgan fingerprint density at radius 3 is 2.10 bits per heavy atom. The lowest BCUT2D eigenvalue weighted by atomic mass is 9.86. The third kappa shape index (κ3) is 4.70. The minimum absolute atomic E-state index is 0.0882. The van der Waals surface area contributed by atoms with Gasteiger partial charge in [-0.15, -0.1) is 0 Å². The van der Waals surface area contributed by atoms with Crippen molar-refractivity contribution in [1.82, 2.24) is 0 Å². The van der Waals surface area contributed by atoms with Crippen molar-refractivity contribution in [2.24, 2.45) is 11.8 Å². The monoisotopic (exact) mass is 396 g/mol. The maximum atomic E-state index is 12.7. The number of anilines is 2. The first-order valence-electron chi connectivity index (χ1n) is 9.68. The number of hydrogen-bond donors (Lipinski definition) is 2. The fourth-order valence-corrected chi connectivity index (χ4v) is 3.37. The van der Waals surface area contributed by atoms with E-state index in [1.54, 1.807) is 25.3 Å². The van der Waals surface area contributed by atoms with Gasteiger partial charge in [0.2, 0.25) is 11.8 Å². The van der Waals surface area contributed by atoms with Crippen LogP contribution in [0.5, 0.6) is 11.5 Å². The van der Waals surface area contributed by atoms with E-state index in [1.807, 2.05) is 24.3 Å². The molecule has 0 aliphatic heterocycles. The van der Waals surface area contributed by atoms with Crippen LogP contribution in [0.15, 0.2) is 42.5 Å². The molecule has 29 heavy (non-hydrogen) atoms. The number of carbonyl (C=O) groups is 2. The van der Waals surface area contributed by atoms with E-state index in [2.05, 4.69) is 31.4 Å². The molecule has 0 saturated heterocycles. The summed E-state index contributed by atoms with van der Waals surface area (Å²) in [5, 5.41) is 5.86. The summed E-state index contributed by atoms with van der Waals surface area (Å²) in [6.07, 6.45) is 0.536. The largest absolute Gasteiger partial charge is 0.497 e. The topological polar surface area (TPSA) is 76.7 Å². The predicted octanol–water partition coefficient (Wildman–Crippen LogP) is 4.21. The van der Waals surface area contributed by atoms with Crippen molar-refractivity contribution in [3.05, 3.63) is 48.0 Å². The van der Waals surface area contributed by atoms with E-state index in [9.17, 15) is 9.59 Å². The summed E-state index contributed by atoms with van der Waals surface area (Å²) >= 11 is 0. The van der Waals surface area contributed by atoms with Crippen LogP contribution in [-0.2, 0) is 15.0 Å². The van der Waals surface area contributed by atoms with E-state index in [0.717, 1.165) is 11.3 Å². The van der Waals surface area contributed by atoms with Crippen LogP contribution in [0.25, 0.3) is 0 Å². The maximum Gasteiger partial charge on any atom is 0.228 e. The summed E-state index contributed by atoms with van der Waals surface area (Å²) in [4.78, 5) is 25.3. The van der Waals surface area contributed by atoms with Crippen LogP contribution in [0, 0.1) is 11.8 Å². The summed E-state index contributed by atoms with van der Waals surface area (Å²) in [6.45, 7) is 6.31. The molecule has 2 amide bonds. The normalized spacial score (nSPS) is 18.0. The number of rotatable bonds is 6. The zero-order chi connectivity index (χ0) is 21.2. The van der Waals surface area contributed by atoms with Gasteiger partial charge < -0.3 is 20.1 Å². The number of hydrogen-bond acceptors (Lipinski definition) is 4. The molecule has 2 aromatic carbocycles. The molecule has 1 aliphatic rings. The first-order valence-corrected chi connectivity index (χ1v) is 9.68. The Hall–Kier alpha value is -3.02. The fourth-order valence-electron chi connectivity index (χ4n) is 3.37. The van der Waals surface area contributed by atoms with Gasteiger partial charge in [0, 0.05) is 11.8 Å². The molecule has 1 aliphatic carbocycles. The number of benzene rings is 2. The maximum absolute atomic E-state index is 12.7. The molecule has 2 N–H and O–H groups in total. The number of amides is 2. The second kappa shape index (κ2) is 8.15. The summed E-state index contributed by atoms with van der Waals surface area (Å²) in [5.74, 6) is 0.177. The Balaban J connectivity index is 1.64. The highest BCUT2D eigenvalue weighted by atomic mass is 16.5. The van der Waals surface area contributed by atoms with Crippen LogP contribution >= 0.6 is 0 Å². The molecule has 2 aromatic rings. The molecule has 154 valence electrons. The van der Waals surface area contributed by atoms with Crippen molar-refractivity contribution in [2.45, 2.75) is 32.6 Å². The molecule has 0 radical (unpaired) electrons. The molecule has 2 unspecified atom stereocenters. The Kier molecular flexibility index (Phi) is 5.82. The van der Waals surface area contributed by atoms with Gasteiger partial charge in [0.25, 0.3) is 0 Å². The smallest absolute Gasteiger partial charge is 0.228 e. The molecule has 6 heteroatoms. The predicted molar refractivity (Wildman–Crippen MR) is 114 cm³/mol. The van der Waals surface area contributed by atoms with Gasteiger partial charge in [-0.05, 0) is 35.6 Å². The lowest BCUT2D eigenvalue weighted by Crippen LogP contribution is -2.22. The third-order valence-corrected chi connectivity index (χ3v) is 5.12. The summed E-state index contributed by atoms with van der Waals surface area (Å²) < 4.78 is 10.5. The van der Waals surface area contributed by atoms with Gasteiger partial charge in [-0.1, -0.05) is 39.0 Å². The summed E-state index contributed by atoms with van der Waals surface area (Å²) in [7, 11) is 3.10. The number of carbonyl (C=O) groups excluding carboxylic acids is 2. The van der Waals surface area contributed by atoms with E-state index >= 15 is 0 Å². The molecular weight excluding hydrogens is 368 g/mol. The van der Waals surface area contributed by atoms with Crippen LogP contribution in [0.3, 0.4) is 0 Å². The average Bonchev–Trinajstić information content (AvgIpc) is 3.49. The van der Waals surface area contributed by atoms with Gasteiger partial charge in [0.1, 0.15) is 11.5 Å². The Morgan fingerprint density at radius 1 is 0.897 bits per heavy atom. The fraction of sp³-hybridized carbons (Fsp3) is 0.391. The lowest BCUT2D eigenvalue weighted by Gasteiger charge is -2.23. The van der Waals surface area contributed by atoms with Crippen LogP contribution in [0.2, 0.25) is 0 Å². The second-order valence-electron chi connectivity index (χ2n) is 8.29. The van der Waals surface area contributed by atoms with Gasteiger partial charge >= 0.3 is 0 Å². The molecule has 1 saturated carbocycles. The third-order valence-electron chi connectivity index (χ3n) is 5.12. The second-order valence-corrected chi connectivity index (χ2v) is 8.29. The Labute approximate surface area is 171 Å². The van der Waals surface area contributed by atoms with Crippen LogP contribution in [-0.4, -0.2) is 26.0 Å². The van der Waals surface area contributed by atoms with Gasteiger partial charge in [-0.2, -0.15) is 0 Å². The number of ether oxygens (including phenoxy) is 2. The molecule has 0 heterocycles. The van der Waals surface area contributed by atoms with Crippen molar-refractivity contribution in [3.8, 4) is 11.5 Å². The SMILES string of the molecule is COc1ccc(NC(=O)C2CC2C(=O)Nc2ccccc2C(C)(C)C)c(OC)c1. The molecule has 1 fully saturated rings. The summed E-state index contributed by atoms with van der Waals surface area (Å²) in [6, 6.07) is 13.0. The van der Waals surface area contributed by atoms with Crippen molar-refractivity contribution >= 4 is 23.2 Å². The molecule has 0 aromatic heterocycles. The zero-order valence-electron chi connectivity index (χ0n) is 17.5. The van der Waals surface area contributed by atoms with E-state index in [4.69, 9.17) is 9.47 Å². The number of nitrogens with one attached hydrogen (secondary N) is 2. The van der Waals surface area contributed by atoms with E-state index in [1.165, 1.54) is 7.11 Å². The molecule has 3 rings (SSSR count). The average molecular weight is 396 g/mol. The van der Waals surface area contributed by atoms with Crippen LogP contribution in [0.1, 0.15) is 32.8 Å². The molecule has 0 bridgehead atoms. The molecule has 2 atom stereocenters. The van der Waals surface area contributed by atoms with Crippen molar-refractivity contribution < 1.29 is 19.1 Å². The van der Waals surface area contributed by atoms with E-state index < -0.39 is 0 Å². The summed E-state index contributed by atoms with van der Waals surface area (Å²) in [5.41, 5.74) is 2.34. The first-order chi connectivity index (χ1) is 13.7. The highest BCUT2D eigenvalue weighted by Gasteiger charge is 2.48. The van der Waals surface area contributed by atoms with Crippen molar-refractivity contribution in [1.29, 1.82) is 0 Å². The highest BCUT2D eigenvalue weighted by Crippen LogP contribution is 2.41. The van der Waals surface area contributed by atoms with Crippen LogP contribution < -0.4 is 20.1 Å². The first kappa shape index (κ1) is 20.7. The van der Waals surface area contributed by atoms with Gasteiger partial charge in [0.15, 0.2) is 0 Å². The molecule has 0 spiro atoms. The molecular formula is C23H28N2O4. The number of methoxy groups -OCH3 is 2. The Bertz CT molecular complexity index is 917. The van der Waals surface area contributed by atoms with Gasteiger partial charge in [-0.3, -0.25) is 9.59 Å². The number of para-hydroxylation sites is 1. The van der Waals surface area contributed by atoms with Crippen molar-refractivity contribution in [3.63, 3.8) is 0 Å². The van der Waals surface area contributed by atoms with Crippen molar-refractivity contribution in [2.75, 3.05) is 24.9 Å². The molecule has 6 nitrogen and oxygen atoms in total. The van der Waals surface area contributed by atoms with Gasteiger partial charge in [-0.25, -0.2) is 0 Å². The minimum Gasteiger partial charge on any atom is -0.497 e. The van der Waals surface area contributed by atoms with Crippen LogP contribution in [0.4, 0.5) is 11.4 Å². The lowest BCUT2D eigenvalue weighted by molar-refractivity contribution is -0.122. The quantitative estimate of drug-likeness (QED) is 0.767. The minimum atomic E-state index is -0.344. The van der Waals surface area contributed by atoms with Gasteiger partial charge in [0.05, 0.1) is 31.7 Å². The van der Waals surface area contributed by atoms with E-state index in [0.29, 0.717) is 23.6 Å². The Morgan fingerprint density at radius 2 is 1.52 bits per heavy atom. The highest BCUT2D eigenvalue weighted by molar-refractivity contribution is 6.04.